The van der Waals surface area contributed by atoms with E-state index < -0.39 is 0 Å². The summed E-state index contributed by atoms with van der Waals surface area (Å²) in [4.78, 5) is 24.8. The van der Waals surface area contributed by atoms with Gasteiger partial charge in [0, 0.05) is 16.8 Å². The summed E-state index contributed by atoms with van der Waals surface area (Å²) in [5, 5.41) is 2.82. The molecule has 1 aromatic carbocycles. The quantitative estimate of drug-likeness (QED) is 0.810. The van der Waals surface area contributed by atoms with Crippen LogP contribution in [0.25, 0.3) is 5.57 Å². The first kappa shape index (κ1) is 13.3. The number of ether oxygens (including phenoxy) is 1. The minimum Gasteiger partial charge on any atom is -0.497 e. The van der Waals surface area contributed by atoms with Crippen LogP contribution in [0.2, 0.25) is 0 Å². The van der Waals surface area contributed by atoms with Gasteiger partial charge in [-0.3, -0.25) is 9.59 Å². The van der Waals surface area contributed by atoms with Crippen LogP contribution < -0.4 is 5.32 Å². The topological polar surface area (TPSA) is 55.4 Å². The summed E-state index contributed by atoms with van der Waals surface area (Å²) in [6.07, 6.45) is 7.25. The number of nitrogens with one attached hydrogen (secondary N) is 1. The van der Waals surface area contributed by atoms with Gasteiger partial charge in [0.2, 0.25) is 0 Å². The van der Waals surface area contributed by atoms with Gasteiger partial charge in [0.1, 0.15) is 6.10 Å². The van der Waals surface area contributed by atoms with E-state index in [4.69, 9.17) is 4.74 Å². The van der Waals surface area contributed by atoms with Crippen LogP contribution in [0.4, 0.5) is 5.69 Å². The molecular formula is C18H17NO3. The lowest BCUT2D eigenvalue weighted by atomic mass is 9.80. The predicted molar refractivity (Wildman–Crippen MR) is 83.0 cm³/mol. The normalized spacial score (nSPS) is 28.5. The van der Waals surface area contributed by atoms with Crippen molar-refractivity contribution in [3.8, 4) is 0 Å². The second kappa shape index (κ2) is 5.13. The Kier molecular flexibility index (Phi) is 3.10. The zero-order chi connectivity index (χ0) is 15.1. The number of benzene rings is 1. The summed E-state index contributed by atoms with van der Waals surface area (Å²) >= 11 is 0. The number of allylic oxidation sites excluding steroid dienone is 2. The van der Waals surface area contributed by atoms with Gasteiger partial charge in [-0.1, -0.05) is 24.6 Å². The third-order valence-electron chi connectivity index (χ3n) is 4.70. The summed E-state index contributed by atoms with van der Waals surface area (Å²) in [5.74, 6) is -0.105. The smallest absolute Gasteiger partial charge is 0.256 e. The standard InChI is InChI=1S/C18H17NO3/c20-17-11(10-22-16-8-4-2-6-13(16)17)9-14-12-5-1-3-7-15(12)19-18(14)21/h1,3,5,7,9-10,13,16H,2,4,6,8H2,(H,19,21)/b14-9-. The molecule has 1 saturated carbocycles. The Labute approximate surface area is 128 Å². The molecule has 4 nitrogen and oxygen atoms in total. The van der Waals surface area contributed by atoms with Crippen molar-refractivity contribution in [3.63, 3.8) is 0 Å². The van der Waals surface area contributed by atoms with E-state index in [1.807, 2.05) is 24.3 Å². The molecule has 112 valence electrons. The fourth-order valence-corrected chi connectivity index (χ4v) is 3.54. The van der Waals surface area contributed by atoms with Crippen LogP contribution in [0.1, 0.15) is 31.2 Å². The summed E-state index contributed by atoms with van der Waals surface area (Å²) in [5.41, 5.74) is 2.67. The monoisotopic (exact) mass is 295 g/mol. The second-order valence-electron chi connectivity index (χ2n) is 6.06. The fraction of sp³-hybridized carbons (Fsp3) is 0.333. The first-order chi connectivity index (χ1) is 10.7. The lowest BCUT2D eigenvalue weighted by Crippen LogP contribution is -2.36. The number of anilines is 1. The van der Waals surface area contributed by atoms with Crippen LogP contribution >= 0.6 is 0 Å². The zero-order valence-electron chi connectivity index (χ0n) is 12.2. The van der Waals surface area contributed by atoms with E-state index in [0.717, 1.165) is 36.9 Å². The summed E-state index contributed by atoms with van der Waals surface area (Å²) in [6, 6.07) is 7.51. The molecule has 0 saturated heterocycles. The minimum atomic E-state index is -0.166. The Bertz CT molecular complexity index is 717. The summed E-state index contributed by atoms with van der Waals surface area (Å²) in [6.45, 7) is 0. The number of amides is 1. The molecule has 2 aliphatic heterocycles. The van der Waals surface area contributed by atoms with Crippen molar-refractivity contribution < 1.29 is 14.3 Å². The van der Waals surface area contributed by atoms with Crippen molar-refractivity contribution in [2.45, 2.75) is 31.8 Å². The fourth-order valence-electron chi connectivity index (χ4n) is 3.54. The molecule has 1 fully saturated rings. The van der Waals surface area contributed by atoms with Gasteiger partial charge in [-0.2, -0.15) is 0 Å². The van der Waals surface area contributed by atoms with E-state index in [0.29, 0.717) is 11.1 Å². The van der Waals surface area contributed by atoms with Gasteiger partial charge in [0.15, 0.2) is 5.78 Å². The molecule has 22 heavy (non-hydrogen) atoms. The van der Waals surface area contributed by atoms with Gasteiger partial charge in [-0.05, 0) is 31.4 Å². The van der Waals surface area contributed by atoms with E-state index >= 15 is 0 Å². The molecule has 0 spiro atoms. The molecule has 2 atom stereocenters. The number of carbonyl (C=O) groups excluding carboxylic acids is 2. The average molecular weight is 295 g/mol. The molecule has 0 radical (unpaired) electrons. The number of para-hydroxylation sites is 1. The number of ketones is 1. The first-order valence-electron chi connectivity index (χ1n) is 7.76. The molecule has 2 unspecified atom stereocenters. The van der Waals surface area contributed by atoms with Gasteiger partial charge < -0.3 is 10.1 Å². The first-order valence-corrected chi connectivity index (χ1v) is 7.76. The summed E-state index contributed by atoms with van der Waals surface area (Å²) < 4.78 is 5.74. The molecule has 3 aliphatic rings. The zero-order valence-corrected chi connectivity index (χ0v) is 12.2. The van der Waals surface area contributed by atoms with Gasteiger partial charge >= 0.3 is 0 Å². The molecule has 2 heterocycles. The molecule has 1 aromatic rings. The van der Waals surface area contributed by atoms with Crippen molar-refractivity contribution in [1.82, 2.24) is 0 Å². The van der Waals surface area contributed by atoms with Crippen LogP contribution in [0.15, 0.2) is 42.2 Å². The van der Waals surface area contributed by atoms with Gasteiger partial charge in [-0.15, -0.1) is 0 Å². The minimum absolute atomic E-state index is 0.0214. The third-order valence-corrected chi connectivity index (χ3v) is 4.70. The highest BCUT2D eigenvalue weighted by molar-refractivity contribution is 6.32. The Hall–Kier alpha value is -2.36. The number of rotatable bonds is 1. The van der Waals surface area contributed by atoms with E-state index in [2.05, 4.69) is 5.32 Å². The summed E-state index contributed by atoms with van der Waals surface area (Å²) in [7, 11) is 0. The second-order valence-corrected chi connectivity index (χ2v) is 6.06. The highest BCUT2D eigenvalue weighted by atomic mass is 16.5. The number of fused-ring (bicyclic) bond motifs is 2. The molecule has 1 amide bonds. The Morgan fingerprint density at radius 1 is 1.14 bits per heavy atom. The van der Waals surface area contributed by atoms with Crippen LogP contribution in [0.5, 0.6) is 0 Å². The largest absolute Gasteiger partial charge is 0.497 e. The number of Topliss-reactive ketones (excluding diaryl/α,β-unsaturated/α-hetero) is 1. The van der Waals surface area contributed by atoms with E-state index in [9.17, 15) is 9.59 Å². The lowest BCUT2D eigenvalue weighted by molar-refractivity contribution is -0.126. The maximum absolute atomic E-state index is 12.6. The Morgan fingerprint density at radius 3 is 2.86 bits per heavy atom. The highest BCUT2D eigenvalue weighted by Crippen LogP contribution is 2.36. The van der Waals surface area contributed by atoms with Crippen molar-refractivity contribution in [2.75, 3.05) is 5.32 Å². The third kappa shape index (κ3) is 2.06. The Morgan fingerprint density at radius 2 is 1.95 bits per heavy atom. The van der Waals surface area contributed by atoms with Gasteiger partial charge in [-0.25, -0.2) is 0 Å². The van der Waals surface area contributed by atoms with E-state index in [1.165, 1.54) is 6.26 Å². The van der Waals surface area contributed by atoms with Crippen LogP contribution in [-0.2, 0) is 14.3 Å². The maximum Gasteiger partial charge on any atom is 0.256 e. The van der Waals surface area contributed by atoms with Crippen LogP contribution in [-0.4, -0.2) is 17.8 Å². The molecule has 1 aliphatic carbocycles. The lowest BCUT2D eigenvalue weighted by Gasteiger charge is -2.33. The van der Waals surface area contributed by atoms with E-state index in [-0.39, 0.29) is 23.7 Å². The predicted octanol–water partition coefficient (Wildman–Crippen LogP) is 3.06. The molecule has 4 rings (SSSR count). The maximum atomic E-state index is 12.6. The van der Waals surface area contributed by atoms with Crippen molar-refractivity contribution in [1.29, 1.82) is 0 Å². The van der Waals surface area contributed by atoms with E-state index in [1.54, 1.807) is 6.08 Å². The van der Waals surface area contributed by atoms with Gasteiger partial charge in [0.25, 0.3) is 5.91 Å². The van der Waals surface area contributed by atoms with Crippen molar-refractivity contribution in [2.24, 2.45) is 5.92 Å². The molecule has 0 bridgehead atoms. The molecule has 4 heteroatoms. The average Bonchev–Trinajstić information content (AvgIpc) is 2.86. The van der Waals surface area contributed by atoms with Crippen molar-refractivity contribution >= 4 is 23.0 Å². The molecule has 0 aromatic heterocycles. The highest BCUT2D eigenvalue weighted by Gasteiger charge is 2.37. The number of carbonyl (C=O) groups is 2. The SMILES string of the molecule is O=C1Nc2ccccc2/C1=C/C1=COC2CCCCC2C1=O. The van der Waals surface area contributed by atoms with Gasteiger partial charge in [0.05, 0.1) is 17.8 Å². The van der Waals surface area contributed by atoms with Crippen LogP contribution in [0, 0.1) is 5.92 Å². The Balaban J connectivity index is 1.69. The molecular weight excluding hydrogens is 278 g/mol. The number of hydrogen-bond acceptors (Lipinski definition) is 3. The van der Waals surface area contributed by atoms with Crippen LogP contribution in [0.3, 0.4) is 0 Å². The number of hydrogen-bond donors (Lipinski definition) is 1. The van der Waals surface area contributed by atoms with Crippen molar-refractivity contribution in [3.05, 3.63) is 47.7 Å². The molecule has 1 N–H and O–H groups in total.